The second-order valence-corrected chi connectivity index (χ2v) is 14.5. The fraction of sp³-hybridized carbons (Fsp3) is 0.795. The van der Waals surface area contributed by atoms with Crippen LogP contribution in [0.5, 0.6) is 0 Å². The van der Waals surface area contributed by atoms with Gasteiger partial charge in [-0.2, -0.15) is 0 Å². The number of hydrogen-bond acceptors (Lipinski definition) is 8. The van der Waals surface area contributed by atoms with Crippen LogP contribution in [0.1, 0.15) is 175 Å². The summed E-state index contributed by atoms with van der Waals surface area (Å²) in [4.78, 5) is 39.5. The van der Waals surface area contributed by atoms with Crippen LogP contribution in [0, 0.1) is 5.92 Å². The van der Waals surface area contributed by atoms with Gasteiger partial charge in [0, 0.05) is 19.0 Å². The number of likely N-dealkylation sites (N-methyl/N-ethyl adjacent to an activating group) is 1. The number of ether oxygens (including phenoxy) is 4. The Kier molecular flexibility index (Phi) is 36.2. The predicted octanol–water partition coefficient (Wildman–Crippen LogP) is 11.9. The van der Waals surface area contributed by atoms with Crippen LogP contribution in [0.2, 0.25) is 0 Å². The van der Waals surface area contributed by atoms with Crippen LogP contribution in [-0.4, -0.2) is 70.1 Å². The highest BCUT2D eigenvalue weighted by atomic mass is 16.7. The lowest BCUT2D eigenvalue weighted by molar-refractivity contribution is -0.148. The number of carbonyl (C=O) groups is 3. The van der Waals surface area contributed by atoms with Crippen molar-refractivity contribution in [3.63, 3.8) is 0 Å². The fourth-order valence-corrected chi connectivity index (χ4v) is 5.64. The molecule has 0 aliphatic carbocycles. The van der Waals surface area contributed by atoms with Gasteiger partial charge in [0.1, 0.15) is 26.4 Å². The molecule has 0 aliphatic heterocycles. The van der Waals surface area contributed by atoms with Crippen LogP contribution in [0.25, 0.3) is 0 Å². The summed E-state index contributed by atoms with van der Waals surface area (Å²) in [6, 6.07) is 0. The molecule has 0 N–H and O–H groups in total. The van der Waals surface area contributed by atoms with E-state index in [-0.39, 0.29) is 32.4 Å². The van der Waals surface area contributed by atoms with Crippen molar-refractivity contribution in [3.8, 4) is 0 Å². The highest BCUT2D eigenvalue weighted by molar-refractivity contribution is 5.82. The summed E-state index contributed by atoms with van der Waals surface area (Å²) < 4.78 is 21.6. The van der Waals surface area contributed by atoms with Gasteiger partial charge in [-0.3, -0.25) is 4.79 Å². The van der Waals surface area contributed by atoms with E-state index in [9.17, 15) is 14.4 Å². The third-order valence-electron chi connectivity index (χ3n) is 8.99. The zero-order chi connectivity index (χ0) is 38.3. The minimum absolute atomic E-state index is 0.00268. The molecule has 0 saturated carbocycles. The molecule has 8 heteroatoms. The summed E-state index contributed by atoms with van der Waals surface area (Å²) in [6.07, 6.45) is 36.3. The molecule has 1 unspecified atom stereocenters. The molecule has 0 saturated heterocycles. The van der Waals surface area contributed by atoms with Crippen molar-refractivity contribution in [2.24, 2.45) is 5.92 Å². The van der Waals surface area contributed by atoms with Crippen molar-refractivity contribution in [3.05, 3.63) is 36.0 Å². The van der Waals surface area contributed by atoms with Gasteiger partial charge in [-0.25, -0.2) is 9.59 Å². The van der Waals surface area contributed by atoms with Gasteiger partial charge in [0.15, 0.2) is 0 Å². The molecule has 0 rings (SSSR count). The van der Waals surface area contributed by atoms with Gasteiger partial charge < -0.3 is 23.8 Å². The van der Waals surface area contributed by atoms with E-state index < -0.39 is 18.0 Å². The van der Waals surface area contributed by atoms with Crippen LogP contribution in [0.4, 0.5) is 4.79 Å². The van der Waals surface area contributed by atoms with E-state index >= 15 is 0 Å². The maximum Gasteiger partial charge on any atom is 0.508 e. The quantitative estimate of drug-likeness (QED) is 0.0207. The second-order valence-electron chi connectivity index (χ2n) is 14.5. The Labute approximate surface area is 319 Å². The van der Waals surface area contributed by atoms with Crippen molar-refractivity contribution in [1.29, 1.82) is 0 Å². The van der Waals surface area contributed by atoms with Crippen molar-refractivity contribution >= 4 is 18.1 Å². The monoisotopic (exact) mass is 734 g/mol. The molecule has 0 spiro atoms. The molecule has 0 amide bonds. The number of hydrogen-bond donors (Lipinski definition) is 0. The third-order valence-corrected chi connectivity index (χ3v) is 8.99. The lowest BCUT2D eigenvalue weighted by Crippen LogP contribution is -2.27. The van der Waals surface area contributed by atoms with Gasteiger partial charge in [0.25, 0.3) is 0 Å². The number of unbranched alkanes of at least 4 members (excludes halogenated alkanes) is 16. The predicted molar refractivity (Wildman–Crippen MR) is 215 cm³/mol. The van der Waals surface area contributed by atoms with Gasteiger partial charge in [-0.05, 0) is 78.3 Å². The maximum atomic E-state index is 12.9. The summed E-state index contributed by atoms with van der Waals surface area (Å²) in [6.45, 7) is 7.35. The summed E-state index contributed by atoms with van der Waals surface area (Å²) in [5.41, 5.74) is 1.14. The average Bonchev–Trinajstić information content (AvgIpc) is 3.12. The van der Waals surface area contributed by atoms with E-state index in [0.29, 0.717) is 13.0 Å². The lowest BCUT2D eigenvalue weighted by Gasteiger charge is -2.17. The molecule has 0 aromatic carbocycles. The van der Waals surface area contributed by atoms with Gasteiger partial charge >= 0.3 is 18.1 Å². The van der Waals surface area contributed by atoms with E-state index in [1.165, 1.54) is 70.6 Å². The molecule has 0 aromatic heterocycles. The fourth-order valence-electron chi connectivity index (χ4n) is 5.64. The van der Waals surface area contributed by atoms with Gasteiger partial charge in [0.2, 0.25) is 0 Å². The topological polar surface area (TPSA) is 91.4 Å². The minimum atomic E-state index is -0.789. The van der Waals surface area contributed by atoms with Crippen molar-refractivity contribution < 1.29 is 33.3 Å². The summed E-state index contributed by atoms with van der Waals surface area (Å²) in [5.74, 6) is -1.17. The minimum Gasteiger partial charge on any atom is -0.465 e. The van der Waals surface area contributed by atoms with Gasteiger partial charge in [-0.1, -0.05) is 134 Å². The molecule has 8 nitrogen and oxygen atoms in total. The number of nitrogens with zero attached hydrogens (tertiary/aromatic N) is 1. The first kappa shape index (κ1) is 49.4. The van der Waals surface area contributed by atoms with Gasteiger partial charge in [-0.15, -0.1) is 0 Å². The van der Waals surface area contributed by atoms with E-state index in [4.69, 9.17) is 18.9 Å². The molecule has 52 heavy (non-hydrogen) atoms. The molecule has 1 atom stereocenters. The second kappa shape index (κ2) is 38.1. The standard InChI is InChI=1S/C44H79NO7/c1-6-9-12-15-17-18-19-20-21-22-23-24-25-27-30-33-42(46)50-37-41(39-52-44(48)49-35-34-45(4)5)38-51-43(47)36-40(31-28-14-11-8-3)32-29-26-16-13-10-7-2/h17-18,20-21,36,41H,6-16,19,22-35,37-39H2,1-5H3/b18-17-,21-20-,40-36+. The smallest absolute Gasteiger partial charge is 0.465 e. The van der Waals surface area contributed by atoms with Crippen LogP contribution >= 0.6 is 0 Å². The molecule has 0 heterocycles. The maximum absolute atomic E-state index is 12.9. The van der Waals surface area contributed by atoms with E-state index in [1.54, 1.807) is 6.08 Å². The number of carbonyl (C=O) groups excluding carboxylic acids is 3. The zero-order valence-electron chi connectivity index (χ0n) is 34.3. The van der Waals surface area contributed by atoms with Crippen molar-refractivity contribution in [1.82, 2.24) is 4.90 Å². The Morgan fingerprint density at radius 3 is 1.63 bits per heavy atom. The van der Waals surface area contributed by atoms with Crippen LogP contribution in [-0.2, 0) is 28.5 Å². The zero-order valence-corrected chi connectivity index (χ0v) is 34.3. The van der Waals surface area contributed by atoms with E-state index in [0.717, 1.165) is 82.6 Å². The molecule has 0 aliphatic rings. The first-order valence-electron chi connectivity index (χ1n) is 21.1. The van der Waals surface area contributed by atoms with Crippen LogP contribution in [0.15, 0.2) is 36.0 Å². The Morgan fingerprint density at radius 2 is 1.02 bits per heavy atom. The molecule has 0 fully saturated rings. The molecule has 0 radical (unpaired) electrons. The van der Waals surface area contributed by atoms with Crippen molar-refractivity contribution in [2.45, 2.75) is 175 Å². The highest BCUT2D eigenvalue weighted by Gasteiger charge is 2.18. The average molecular weight is 734 g/mol. The molecule has 0 aromatic rings. The SMILES string of the molecule is CCCCC/C=C\C/C=C\CCCCCCCC(=O)OCC(COC(=O)/C=C(\CCCCCC)CCCCCCCC)COC(=O)OCCN(C)C. The lowest BCUT2D eigenvalue weighted by atomic mass is 9.99. The van der Waals surface area contributed by atoms with Crippen LogP contribution < -0.4 is 0 Å². The molecular weight excluding hydrogens is 654 g/mol. The highest BCUT2D eigenvalue weighted by Crippen LogP contribution is 2.19. The molecule has 302 valence electrons. The summed E-state index contributed by atoms with van der Waals surface area (Å²) in [7, 11) is 3.78. The third kappa shape index (κ3) is 35.8. The Bertz CT molecular complexity index is 943. The van der Waals surface area contributed by atoms with Crippen molar-refractivity contribution in [2.75, 3.05) is 47.1 Å². The number of rotatable bonds is 36. The number of allylic oxidation sites excluding steroid dienone is 5. The summed E-state index contributed by atoms with van der Waals surface area (Å²) >= 11 is 0. The normalized spacial score (nSPS) is 12.5. The van der Waals surface area contributed by atoms with E-state index in [2.05, 4.69) is 45.1 Å². The van der Waals surface area contributed by atoms with E-state index in [1.807, 2.05) is 19.0 Å². The summed E-state index contributed by atoms with van der Waals surface area (Å²) in [5, 5.41) is 0. The Morgan fingerprint density at radius 1 is 0.538 bits per heavy atom. The Hall–Kier alpha value is -2.61. The van der Waals surface area contributed by atoms with Gasteiger partial charge in [0.05, 0.1) is 5.92 Å². The molecule has 0 bridgehead atoms. The largest absolute Gasteiger partial charge is 0.508 e. The number of esters is 2. The van der Waals surface area contributed by atoms with Crippen LogP contribution in [0.3, 0.4) is 0 Å². The molecular formula is C44H79NO7. The first-order chi connectivity index (χ1) is 25.3. The first-order valence-corrected chi connectivity index (χ1v) is 21.1. The Balaban J connectivity index is 4.75.